The number of carbonyl (C=O) groups is 1. The molecule has 132 valence electrons. The van der Waals surface area contributed by atoms with Crippen molar-refractivity contribution in [2.45, 2.75) is 13.1 Å². The number of hydrogen-bond donors (Lipinski definition) is 1. The molecule has 1 N–H and O–H groups in total. The number of nitriles is 1. The summed E-state index contributed by atoms with van der Waals surface area (Å²) in [5.41, 5.74) is 0.940. The molecule has 7 heteroatoms. The molecular formula is C19H16ClN3O2S. The van der Waals surface area contributed by atoms with Gasteiger partial charge in [0.2, 0.25) is 5.91 Å². The van der Waals surface area contributed by atoms with Gasteiger partial charge in [0.1, 0.15) is 11.8 Å². The van der Waals surface area contributed by atoms with Crippen LogP contribution in [0.5, 0.6) is 0 Å². The number of halogens is 1. The fraction of sp³-hybridized carbons (Fsp3) is 0.158. The number of hydrogen-bond acceptors (Lipinski definition) is 5. The van der Waals surface area contributed by atoms with Crippen LogP contribution in [0.15, 0.2) is 58.5 Å². The molecule has 3 aromatic rings. The van der Waals surface area contributed by atoms with Crippen molar-refractivity contribution >= 4 is 34.5 Å². The molecular weight excluding hydrogens is 370 g/mol. The lowest BCUT2D eigenvalue weighted by atomic mass is 10.2. The van der Waals surface area contributed by atoms with Crippen LogP contribution in [-0.4, -0.2) is 17.4 Å². The van der Waals surface area contributed by atoms with E-state index in [0.717, 1.165) is 5.76 Å². The van der Waals surface area contributed by atoms with Crippen molar-refractivity contribution in [1.29, 1.82) is 5.26 Å². The van der Waals surface area contributed by atoms with E-state index in [9.17, 15) is 4.79 Å². The van der Waals surface area contributed by atoms with Crippen molar-refractivity contribution in [3.8, 4) is 6.07 Å². The van der Waals surface area contributed by atoms with E-state index in [0.29, 0.717) is 29.4 Å². The van der Waals surface area contributed by atoms with Gasteiger partial charge in [-0.1, -0.05) is 17.7 Å². The minimum atomic E-state index is -0.158. The average molecular weight is 386 g/mol. The lowest BCUT2D eigenvalue weighted by molar-refractivity contribution is -0.117. The van der Waals surface area contributed by atoms with Crippen LogP contribution in [0.25, 0.3) is 0 Å². The summed E-state index contributed by atoms with van der Waals surface area (Å²) < 4.78 is 5.41. The van der Waals surface area contributed by atoms with Gasteiger partial charge in [0.25, 0.3) is 0 Å². The molecule has 0 unspecified atom stereocenters. The Morgan fingerprint density at radius 2 is 2.15 bits per heavy atom. The van der Waals surface area contributed by atoms with E-state index in [-0.39, 0.29) is 12.5 Å². The lowest BCUT2D eigenvalue weighted by Gasteiger charge is -2.20. The van der Waals surface area contributed by atoms with Gasteiger partial charge >= 0.3 is 0 Å². The number of rotatable bonds is 7. The Bertz CT molecular complexity index is 865. The van der Waals surface area contributed by atoms with Crippen LogP contribution in [0.2, 0.25) is 5.02 Å². The number of benzene rings is 1. The zero-order valence-corrected chi connectivity index (χ0v) is 15.4. The van der Waals surface area contributed by atoms with Crippen molar-refractivity contribution in [2.75, 3.05) is 11.9 Å². The van der Waals surface area contributed by atoms with Crippen molar-refractivity contribution < 1.29 is 9.21 Å². The van der Waals surface area contributed by atoms with Crippen LogP contribution in [0, 0.1) is 11.3 Å². The fourth-order valence-corrected chi connectivity index (χ4v) is 3.47. The summed E-state index contributed by atoms with van der Waals surface area (Å²) in [5.74, 6) is 0.643. The second-order valence-electron chi connectivity index (χ2n) is 5.66. The van der Waals surface area contributed by atoms with Crippen LogP contribution in [0.3, 0.4) is 0 Å². The number of nitrogens with zero attached hydrogens (tertiary/aromatic N) is 2. The van der Waals surface area contributed by atoms with Crippen molar-refractivity contribution in [3.05, 3.63) is 75.3 Å². The Kier molecular flexibility index (Phi) is 6.08. The fourth-order valence-electron chi connectivity index (χ4n) is 2.50. The topological polar surface area (TPSA) is 69.3 Å². The van der Waals surface area contributed by atoms with Crippen LogP contribution >= 0.6 is 22.9 Å². The smallest absolute Gasteiger partial charge is 0.238 e. The Morgan fingerprint density at radius 3 is 2.81 bits per heavy atom. The van der Waals surface area contributed by atoms with E-state index in [2.05, 4.69) is 5.32 Å². The first-order chi connectivity index (χ1) is 12.6. The van der Waals surface area contributed by atoms with Gasteiger partial charge in [-0.3, -0.25) is 9.69 Å². The van der Waals surface area contributed by atoms with Crippen molar-refractivity contribution in [3.63, 3.8) is 0 Å². The van der Waals surface area contributed by atoms with E-state index in [1.165, 1.54) is 4.88 Å². The summed E-state index contributed by atoms with van der Waals surface area (Å²) in [6.45, 7) is 1.39. The summed E-state index contributed by atoms with van der Waals surface area (Å²) in [6.07, 6.45) is 1.62. The minimum Gasteiger partial charge on any atom is -0.468 e. The summed E-state index contributed by atoms with van der Waals surface area (Å²) in [7, 11) is 0. The van der Waals surface area contributed by atoms with E-state index in [4.69, 9.17) is 21.3 Å². The molecule has 2 heterocycles. The molecule has 5 nitrogen and oxygen atoms in total. The summed E-state index contributed by atoms with van der Waals surface area (Å²) in [4.78, 5) is 15.6. The monoisotopic (exact) mass is 385 g/mol. The molecule has 1 aromatic carbocycles. The maximum atomic E-state index is 12.5. The van der Waals surface area contributed by atoms with Crippen LogP contribution < -0.4 is 5.32 Å². The molecule has 1 amide bonds. The van der Waals surface area contributed by atoms with Crippen molar-refractivity contribution in [2.24, 2.45) is 0 Å². The maximum Gasteiger partial charge on any atom is 0.238 e. The Hall–Kier alpha value is -2.59. The first kappa shape index (κ1) is 18.2. The number of thiophene rings is 1. The highest BCUT2D eigenvalue weighted by Crippen LogP contribution is 2.20. The molecule has 0 aliphatic heterocycles. The number of nitrogens with one attached hydrogen (secondary N) is 1. The molecule has 26 heavy (non-hydrogen) atoms. The second kappa shape index (κ2) is 8.68. The molecule has 0 fully saturated rings. The Labute approximate surface area is 160 Å². The summed E-state index contributed by atoms with van der Waals surface area (Å²) in [5, 5.41) is 14.1. The molecule has 3 rings (SSSR count). The van der Waals surface area contributed by atoms with Gasteiger partial charge in [-0.25, -0.2) is 0 Å². The molecule has 0 aliphatic rings. The molecule has 0 saturated heterocycles. The summed E-state index contributed by atoms with van der Waals surface area (Å²) in [6, 6.07) is 14.6. The van der Waals surface area contributed by atoms with E-state index in [1.807, 2.05) is 40.6 Å². The highest BCUT2D eigenvalue weighted by molar-refractivity contribution is 7.09. The Morgan fingerprint density at radius 1 is 1.27 bits per heavy atom. The van der Waals surface area contributed by atoms with Gasteiger partial charge < -0.3 is 9.73 Å². The van der Waals surface area contributed by atoms with Crippen LogP contribution in [0.4, 0.5) is 5.69 Å². The largest absolute Gasteiger partial charge is 0.468 e. The number of anilines is 1. The zero-order chi connectivity index (χ0) is 18.4. The SMILES string of the molecule is N#Cc1ccc(NC(=O)CN(Cc2ccco2)Cc2cccs2)cc1Cl. The minimum absolute atomic E-state index is 0.158. The highest BCUT2D eigenvalue weighted by atomic mass is 35.5. The quantitative estimate of drug-likeness (QED) is 0.649. The standard InChI is InChI=1S/C19H16ClN3O2S/c20-18-9-15(6-5-14(18)10-21)22-19(24)13-23(11-16-3-1-7-25-16)12-17-4-2-8-26-17/h1-9H,11-13H2,(H,22,24). The second-order valence-corrected chi connectivity index (χ2v) is 7.10. The highest BCUT2D eigenvalue weighted by Gasteiger charge is 2.14. The van der Waals surface area contributed by atoms with Gasteiger partial charge in [0, 0.05) is 17.1 Å². The van der Waals surface area contributed by atoms with Gasteiger partial charge in [0.05, 0.1) is 29.9 Å². The van der Waals surface area contributed by atoms with E-state index >= 15 is 0 Å². The number of furan rings is 1. The van der Waals surface area contributed by atoms with E-state index < -0.39 is 0 Å². The van der Waals surface area contributed by atoms with Gasteiger partial charge in [0.15, 0.2) is 0 Å². The zero-order valence-electron chi connectivity index (χ0n) is 13.8. The van der Waals surface area contributed by atoms with Crippen molar-refractivity contribution in [1.82, 2.24) is 4.90 Å². The predicted octanol–water partition coefficient (Wildman–Crippen LogP) is 4.51. The Balaban J connectivity index is 1.66. The summed E-state index contributed by atoms with van der Waals surface area (Å²) >= 11 is 7.66. The van der Waals surface area contributed by atoms with Gasteiger partial charge in [-0.2, -0.15) is 5.26 Å². The molecule has 0 aliphatic carbocycles. The molecule has 0 atom stereocenters. The predicted molar refractivity (Wildman–Crippen MR) is 102 cm³/mol. The third kappa shape index (κ3) is 4.96. The normalized spacial score (nSPS) is 10.7. The van der Waals surface area contributed by atoms with E-state index in [1.54, 1.807) is 35.8 Å². The van der Waals surface area contributed by atoms with Gasteiger partial charge in [-0.15, -0.1) is 11.3 Å². The molecule has 0 saturated carbocycles. The number of carbonyl (C=O) groups excluding carboxylic acids is 1. The number of amides is 1. The first-order valence-corrected chi connectivity index (χ1v) is 9.16. The molecule has 2 aromatic heterocycles. The van der Waals surface area contributed by atoms with Crippen LogP contribution in [0.1, 0.15) is 16.2 Å². The lowest BCUT2D eigenvalue weighted by Crippen LogP contribution is -2.32. The first-order valence-electron chi connectivity index (χ1n) is 7.90. The molecule has 0 spiro atoms. The average Bonchev–Trinajstić information content (AvgIpc) is 3.29. The maximum absolute atomic E-state index is 12.5. The third-order valence-corrected chi connectivity index (χ3v) is 4.83. The third-order valence-electron chi connectivity index (χ3n) is 3.66. The molecule has 0 radical (unpaired) electrons. The van der Waals surface area contributed by atoms with Gasteiger partial charge in [-0.05, 0) is 41.8 Å². The van der Waals surface area contributed by atoms with Crippen LogP contribution in [-0.2, 0) is 17.9 Å². The molecule has 0 bridgehead atoms.